The second-order valence-electron chi connectivity index (χ2n) is 9.37. The summed E-state index contributed by atoms with van der Waals surface area (Å²) in [4.78, 5) is 0. The molecule has 0 saturated heterocycles. The summed E-state index contributed by atoms with van der Waals surface area (Å²) in [6, 6.07) is 11.0. The highest BCUT2D eigenvalue weighted by Crippen LogP contribution is 2.25. The molecule has 0 saturated carbocycles. The quantitative estimate of drug-likeness (QED) is 0.0452. The normalized spacial score (nSPS) is 12.2. The summed E-state index contributed by atoms with van der Waals surface area (Å²) >= 11 is 2.56. The van der Waals surface area contributed by atoms with Crippen LogP contribution in [0.5, 0.6) is 0 Å². The van der Waals surface area contributed by atoms with Crippen LogP contribution in [0.2, 0.25) is 0 Å². The molecule has 0 amide bonds. The molecule has 0 radical (unpaired) electrons. The molecule has 1 aromatic rings. The van der Waals surface area contributed by atoms with Crippen molar-refractivity contribution in [3.63, 3.8) is 0 Å². The SMILES string of the molecule is C#CC(I)[N+](CCCCCCCCC)(CCCCCCCCC)CCc1ccccc1.[Cl-]. The van der Waals surface area contributed by atoms with Gasteiger partial charge in [0.1, 0.15) is 0 Å². The molecule has 1 nitrogen and oxygen atoms in total. The van der Waals surface area contributed by atoms with E-state index in [4.69, 9.17) is 6.42 Å². The van der Waals surface area contributed by atoms with Gasteiger partial charge in [0, 0.05) is 29.0 Å². The largest absolute Gasteiger partial charge is 1.00 e. The second kappa shape index (κ2) is 21.3. The third-order valence-electron chi connectivity index (χ3n) is 6.72. The Morgan fingerprint density at radius 1 is 0.719 bits per heavy atom. The number of halogens is 2. The Morgan fingerprint density at radius 3 is 1.59 bits per heavy atom. The van der Waals surface area contributed by atoms with Gasteiger partial charge >= 0.3 is 0 Å². The van der Waals surface area contributed by atoms with Gasteiger partial charge in [-0.1, -0.05) is 108 Å². The number of nitrogens with zero attached hydrogens (tertiary/aromatic N) is 1. The van der Waals surface area contributed by atoms with E-state index in [1.54, 1.807) is 0 Å². The topological polar surface area (TPSA) is 0 Å². The zero-order valence-corrected chi connectivity index (χ0v) is 23.9. The summed E-state index contributed by atoms with van der Waals surface area (Å²) in [5.74, 6) is 3.14. The lowest BCUT2D eigenvalue weighted by Gasteiger charge is -2.41. The second-order valence-corrected chi connectivity index (χ2v) is 10.5. The third kappa shape index (κ3) is 14.1. The molecule has 1 atom stereocenters. The Kier molecular flexibility index (Phi) is 21.1. The van der Waals surface area contributed by atoms with Gasteiger partial charge in [-0.15, -0.1) is 6.42 Å². The van der Waals surface area contributed by atoms with Gasteiger partial charge in [0.25, 0.3) is 0 Å². The molecule has 184 valence electrons. The molecule has 1 rings (SSSR count). The van der Waals surface area contributed by atoms with Gasteiger partial charge in [0.05, 0.1) is 19.6 Å². The van der Waals surface area contributed by atoms with Crippen LogP contribution in [0.15, 0.2) is 30.3 Å². The number of alkyl halides is 1. The van der Waals surface area contributed by atoms with E-state index >= 15 is 0 Å². The van der Waals surface area contributed by atoms with Crippen molar-refractivity contribution in [2.24, 2.45) is 0 Å². The van der Waals surface area contributed by atoms with Crippen molar-refractivity contribution in [1.29, 1.82) is 0 Å². The van der Waals surface area contributed by atoms with Crippen molar-refractivity contribution in [3.05, 3.63) is 35.9 Å². The van der Waals surface area contributed by atoms with Gasteiger partial charge in [0.15, 0.2) is 0 Å². The molecule has 0 aliphatic carbocycles. The molecule has 0 spiro atoms. The van der Waals surface area contributed by atoms with Crippen LogP contribution in [0.3, 0.4) is 0 Å². The number of hydrogen-bond acceptors (Lipinski definition) is 0. The van der Waals surface area contributed by atoms with Crippen LogP contribution in [0.25, 0.3) is 0 Å². The number of unbranched alkanes of at least 4 members (excludes halogenated alkanes) is 12. The van der Waals surface area contributed by atoms with E-state index in [-0.39, 0.29) is 16.5 Å². The van der Waals surface area contributed by atoms with Crippen LogP contribution in [0.1, 0.15) is 109 Å². The monoisotopic (exact) mass is 573 g/mol. The number of rotatable bonds is 20. The minimum Gasteiger partial charge on any atom is -1.00 e. The fourth-order valence-corrected chi connectivity index (χ4v) is 5.43. The maximum atomic E-state index is 6.02. The highest BCUT2D eigenvalue weighted by molar-refractivity contribution is 14.1. The predicted octanol–water partition coefficient (Wildman–Crippen LogP) is 5.95. The molecule has 1 aromatic carbocycles. The zero-order chi connectivity index (χ0) is 22.6. The van der Waals surface area contributed by atoms with Crippen molar-refractivity contribution in [2.45, 2.75) is 114 Å². The Bertz CT molecular complexity index is 550. The van der Waals surface area contributed by atoms with Gasteiger partial charge in [-0.25, -0.2) is 0 Å². The van der Waals surface area contributed by atoms with Gasteiger partial charge in [0.2, 0.25) is 4.05 Å². The van der Waals surface area contributed by atoms with Gasteiger partial charge in [-0.05, 0) is 37.2 Å². The third-order valence-corrected chi connectivity index (χ3v) is 8.26. The summed E-state index contributed by atoms with van der Waals surface area (Å²) in [6.45, 7) is 8.25. The molecule has 0 aliphatic heterocycles. The van der Waals surface area contributed by atoms with E-state index in [9.17, 15) is 0 Å². The van der Waals surface area contributed by atoms with E-state index in [2.05, 4.69) is 72.7 Å². The summed E-state index contributed by atoms with van der Waals surface area (Å²) in [6.07, 6.45) is 26.3. The summed E-state index contributed by atoms with van der Waals surface area (Å²) in [5.41, 5.74) is 1.45. The molecule has 0 aromatic heterocycles. The molecule has 1 unspecified atom stereocenters. The standard InChI is InChI=1S/C29H49IN.ClH/c1-4-7-9-11-13-15-20-25-31(29(30)6-3,26-21-16-14-12-10-8-5-2)27-24-28-22-18-17-19-23-28;/h3,17-19,22-23,29H,4-5,7-16,20-21,24-27H2,1-2H3;1H/q+1;/p-1. The first-order valence-electron chi connectivity index (χ1n) is 13.2. The van der Waals surface area contributed by atoms with Crippen molar-refractivity contribution < 1.29 is 16.9 Å². The van der Waals surface area contributed by atoms with Crippen molar-refractivity contribution in [1.82, 2.24) is 0 Å². The lowest BCUT2D eigenvalue weighted by atomic mass is 10.1. The van der Waals surface area contributed by atoms with E-state index < -0.39 is 0 Å². The van der Waals surface area contributed by atoms with Gasteiger partial charge in [-0.2, -0.15) is 0 Å². The minimum atomic E-state index is 0. The maximum absolute atomic E-state index is 6.02. The Hall–Kier alpha value is -0.240. The molecule has 0 N–H and O–H groups in total. The van der Waals surface area contributed by atoms with Crippen LogP contribution < -0.4 is 12.4 Å². The highest BCUT2D eigenvalue weighted by atomic mass is 127. The lowest BCUT2D eigenvalue weighted by molar-refractivity contribution is -0.927. The van der Waals surface area contributed by atoms with E-state index in [0.29, 0.717) is 0 Å². The maximum Gasteiger partial charge on any atom is 0.200 e. The van der Waals surface area contributed by atoms with Crippen molar-refractivity contribution >= 4 is 22.6 Å². The van der Waals surface area contributed by atoms with Crippen molar-refractivity contribution in [2.75, 3.05) is 19.6 Å². The number of terminal acetylenes is 1. The first kappa shape index (κ1) is 31.8. The van der Waals surface area contributed by atoms with E-state index in [1.807, 2.05) is 0 Å². The zero-order valence-electron chi connectivity index (χ0n) is 21.0. The van der Waals surface area contributed by atoms with Crippen LogP contribution in [0.4, 0.5) is 0 Å². The number of quaternary nitrogens is 1. The summed E-state index contributed by atoms with van der Waals surface area (Å²) in [5, 5.41) is 0. The van der Waals surface area contributed by atoms with E-state index in [0.717, 1.165) is 10.9 Å². The van der Waals surface area contributed by atoms with Gasteiger partial charge in [-0.3, -0.25) is 0 Å². The highest BCUT2D eigenvalue weighted by Gasteiger charge is 2.33. The smallest absolute Gasteiger partial charge is 0.200 e. The summed E-state index contributed by atoms with van der Waals surface area (Å²) < 4.78 is 1.39. The molecule has 32 heavy (non-hydrogen) atoms. The average molecular weight is 574 g/mol. The fraction of sp³-hybridized carbons (Fsp3) is 0.724. The predicted molar refractivity (Wildman–Crippen MR) is 148 cm³/mol. The Morgan fingerprint density at radius 2 is 1.16 bits per heavy atom. The molecule has 0 fully saturated rings. The van der Waals surface area contributed by atoms with Crippen LogP contribution >= 0.6 is 22.6 Å². The number of hydrogen-bond donors (Lipinski definition) is 0. The van der Waals surface area contributed by atoms with E-state index in [1.165, 1.54) is 115 Å². The molecule has 0 bridgehead atoms. The first-order chi connectivity index (χ1) is 15.2. The Balaban J connectivity index is 0.00000961. The lowest BCUT2D eigenvalue weighted by Crippen LogP contribution is -3.00. The first-order valence-corrected chi connectivity index (χ1v) is 14.4. The van der Waals surface area contributed by atoms with Crippen LogP contribution in [0, 0.1) is 12.3 Å². The summed E-state index contributed by atoms with van der Waals surface area (Å²) in [7, 11) is 0. The minimum absolute atomic E-state index is 0. The Labute approximate surface area is 220 Å². The fourth-order valence-electron chi connectivity index (χ4n) is 4.60. The average Bonchev–Trinajstić information content (AvgIpc) is 2.81. The molecule has 0 aliphatic rings. The number of benzene rings is 1. The molecule has 3 heteroatoms. The van der Waals surface area contributed by atoms with Gasteiger partial charge < -0.3 is 16.9 Å². The van der Waals surface area contributed by atoms with Crippen LogP contribution in [-0.2, 0) is 6.42 Å². The molecular weight excluding hydrogens is 525 g/mol. The molecular formula is C29H49ClIN. The molecule has 0 heterocycles. The van der Waals surface area contributed by atoms with Crippen LogP contribution in [-0.4, -0.2) is 28.2 Å². The van der Waals surface area contributed by atoms with Crippen molar-refractivity contribution in [3.8, 4) is 12.3 Å².